The van der Waals surface area contributed by atoms with E-state index in [9.17, 15) is 0 Å². The molecule has 9 heavy (non-hydrogen) atoms. The highest BCUT2D eigenvalue weighted by molar-refractivity contribution is 7.07. The van der Waals surface area contributed by atoms with Crippen LogP contribution in [0.4, 0.5) is 0 Å². The van der Waals surface area contributed by atoms with E-state index < -0.39 is 0 Å². The fourth-order valence-electron chi connectivity index (χ4n) is 0.434. The lowest BCUT2D eigenvalue weighted by Crippen LogP contribution is -1.96. The topological polar surface area (TPSA) is 25.6 Å². The number of aromatic nitrogens is 3. The van der Waals surface area contributed by atoms with Gasteiger partial charge >= 0.3 is 0 Å². The SMILES string of the molecule is Cc1cn(Cl)[nH]n(Cl)s1. The molecule has 1 aromatic rings. The Bertz CT molecular complexity index is 178. The second-order valence-electron chi connectivity index (χ2n) is 1.49. The number of rotatable bonds is 0. The molecule has 0 fully saturated rings. The summed E-state index contributed by atoms with van der Waals surface area (Å²) in [6.07, 6.45) is 1.73. The molecule has 0 aliphatic carbocycles. The molecular formula is C3H5Cl2N3S. The van der Waals surface area contributed by atoms with Gasteiger partial charge in [-0.3, -0.25) is 0 Å². The quantitative estimate of drug-likeness (QED) is 0.642. The Hall–Kier alpha value is -0.0600. The predicted octanol–water partition coefficient (Wildman–Crippen LogP) is 2.12. The number of aromatic amines is 1. The Balaban J connectivity index is 3.17. The third-order valence-electron chi connectivity index (χ3n) is 0.693. The van der Waals surface area contributed by atoms with E-state index in [0.717, 1.165) is 4.88 Å². The first-order chi connectivity index (χ1) is 4.18. The van der Waals surface area contributed by atoms with Gasteiger partial charge in [0, 0.05) is 28.4 Å². The average Bonchev–Trinajstić information content (AvgIpc) is 1.59. The number of aryl methyl sites for hydroxylation is 1. The third-order valence-corrected chi connectivity index (χ3v) is 1.78. The zero-order chi connectivity index (χ0) is 6.85. The highest BCUT2D eigenvalue weighted by atomic mass is 35.5. The van der Waals surface area contributed by atoms with Crippen molar-refractivity contribution in [3.63, 3.8) is 0 Å². The molecule has 3 nitrogen and oxygen atoms in total. The van der Waals surface area contributed by atoms with E-state index in [-0.39, 0.29) is 0 Å². The van der Waals surface area contributed by atoms with Crippen molar-refractivity contribution >= 4 is 35.1 Å². The largest absolute Gasteiger partial charge is 0.200 e. The Morgan fingerprint density at radius 2 is 2.33 bits per heavy atom. The Kier molecular flexibility index (Phi) is 2.10. The van der Waals surface area contributed by atoms with Gasteiger partial charge in [0.15, 0.2) is 0 Å². The Labute approximate surface area is 66.4 Å². The molecule has 0 saturated heterocycles. The van der Waals surface area contributed by atoms with Crippen molar-refractivity contribution in [1.29, 1.82) is 0 Å². The summed E-state index contributed by atoms with van der Waals surface area (Å²) in [5, 5.41) is 2.59. The summed E-state index contributed by atoms with van der Waals surface area (Å²) < 4.78 is 2.56. The Morgan fingerprint density at radius 1 is 1.67 bits per heavy atom. The summed E-state index contributed by atoms with van der Waals surface area (Å²) in [7, 11) is 0. The van der Waals surface area contributed by atoms with Gasteiger partial charge in [-0.15, -0.1) is 3.59 Å². The van der Waals surface area contributed by atoms with Gasteiger partial charge in [-0.25, -0.2) is 0 Å². The van der Waals surface area contributed by atoms with Crippen LogP contribution in [-0.4, -0.2) is 13.0 Å². The van der Waals surface area contributed by atoms with Gasteiger partial charge in [-0.1, -0.05) is 0 Å². The van der Waals surface area contributed by atoms with E-state index in [2.05, 4.69) is 5.21 Å². The molecule has 0 aromatic carbocycles. The van der Waals surface area contributed by atoms with Crippen LogP contribution >= 0.6 is 35.1 Å². The zero-order valence-corrected chi connectivity index (χ0v) is 6.96. The van der Waals surface area contributed by atoms with Crippen molar-refractivity contribution in [3.8, 4) is 0 Å². The van der Waals surface area contributed by atoms with Crippen LogP contribution in [-0.2, 0) is 0 Å². The summed E-state index contributed by atoms with van der Waals surface area (Å²) in [6.45, 7) is 1.91. The molecule has 0 spiro atoms. The molecule has 0 atom stereocenters. The van der Waals surface area contributed by atoms with Crippen molar-refractivity contribution in [2.75, 3.05) is 0 Å². The summed E-state index contributed by atoms with van der Waals surface area (Å²) in [5.41, 5.74) is 0. The zero-order valence-electron chi connectivity index (χ0n) is 4.64. The molecule has 0 radical (unpaired) electrons. The number of halogens is 2. The molecule has 6 heteroatoms. The van der Waals surface area contributed by atoms with Crippen LogP contribution in [0.3, 0.4) is 0 Å². The van der Waals surface area contributed by atoms with E-state index in [0.29, 0.717) is 0 Å². The van der Waals surface area contributed by atoms with Gasteiger partial charge in [-0.2, -0.15) is 9.41 Å². The van der Waals surface area contributed by atoms with Crippen LogP contribution in [0.1, 0.15) is 4.88 Å². The second kappa shape index (κ2) is 2.68. The summed E-state index contributed by atoms with van der Waals surface area (Å²) in [5.74, 6) is 0. The normalized spacial score (nSPS) is 9.67. The lowest BCUT2D eigenvalue weighted by Gasteiger charge is -1.99. The second-order valence-corrected chi connectivity index (χ2v) is 3.58. The lowest BCUT2D eigenvalue weighted by molar-refractivity contribution is 0.810. The highest BCUT2D eigenvalue weighted by Gasteiger charge is 1.87. The molecular weight excluding hydrogens is 181 g/mol. The molecule has 0 aliphatic heterocycles. The molecule has 0 saturated carbocycles. The predicted molar refractivity (Wildman–Crippen MR) is 39.5 cm³/mol. The van der Waals surface area contributed by atoms with Crippen LogP contribution in [0.5, 0.6) is 0 Å². The Morgan fingerprint density at radius 3 is 2.78 bits per heavy atom. The van der Waals surface area contributed by atoms with Crippen molar-refractivity contribution in [3.05, 3.63) is 11.1 Å². The minimum Gasteiger partial charge on any atom is -0.200 e. The van der Waals surface area contributed by atoms with E-state index in [4.69, 9.17) is 23.6 Å². The van der Waals surface area contributed by atoms with Gasteiger partial charge in [0.25, 0.3) is 0 Å². The van der Waals surface area contributed by atoms with Crippen LogP contribution in [0.15, 0.2) is 6.20 Å². The van der Waals surface area contributed by atoms with Crippen LogP contribution in [0.25, 0.3) is 0 Å². The maximum absolute atomic E-state index is 5.52. The summed E-state index contributed by atoms with van der Waals surface area (Å²) >= 11 is 12.4. The minimum atomic E-state index is 1.03. The molecule has 0 amide bonds. The fraction of sp³-hybridized carbons (Fsp3) is 0.333. The first kappa shape index (κ1) is 7.05. The molecule has 0 unspecified atom stereocenters. The molecule has 0 aliphatic rings. The minimum absolute atomic E-state index is 1.03. The molecule has 1 aromatic heterocycles. The molecule has 0 bridgehead atoms. The highest BCUT2D eigenvalue weighted by Crippen LogP contribution is 2.04. The first-order valence-corrected chi connectivity index (χ1v) is 3.67. The lowest BCUT2D eigenvalue weighted by atomic mass is 10.7. The van der Waals surface area contributed by atoms with Gasteiger partial charge in [0.1, 0.15) is 0 Å². The number of hydrogen-bond donors (Lipinski definition) is 1. The van der Waals surface area contributed by atoms with Crippen LogP contribution < -0.4 is 0 Å². The van der Waals surface area contributed by atoms with E-state index >= 15 is 0 Å². The van der Waals surface area contributed by atoms with Crippen LogP contribution in [0.2, 0.25) is 0 Å². The number of nitrogens with one attached hydrogen (secondary N) is 1. The standard InChI is InChI=1S/C3H5Cl2N3S/c1-3-2-7(4)6-8(5)9-3/h2,6H,1H3. The molecule has 52 valence electrons. The maximum Gasteiger partial charge on any atom is 0.0559 e. The number of H-pyrrole nitrogens is 1. The maximum atomic E-state index is 5.52. The monoisotopic (exact) mass is 185 g/mol. The summed E-state index contributed by atoms with van der Waals surface area (Å²) in [6, 6.07) is 0. The molecule has 1 heterocycles. The van der Waals surface area contributed by atoms with Crippen molar-refractivity contribution < 1.29 is 0 Å². The van der Waals surface area contributed by atoms with E-state index in [1.807, 2.05) is 6.92 Å². The number of hydrogen-bond acceptors (Lipinski definition) is 1. The van der Waals surface area contributed by atoms with Crippen molar-refractivity contribution in [2.24, 2.45) is 0 Å². The molecule has 1 N–H and O–H groups in total. The summed E-state index contributed by atoms with van der Waals surface area (Å²) in [4.78, 5) is 1.03. The van der Waals surface area contributed by atoms with Gasteiger partial charge in [-0.05, 0) is 18.5 Å². The van der Waals surface area contributed by atoms with Crippen molar-refractivity contribution in [2.45, 2.75) is 6.92 Å². The molecule has 1 rings (SSSR count). The van der Waals surface area contributed by atoms with E-state index in [1.165, 1.54) is 19.3 Å². The van der Waals surface area contributed by atoms with E-state index in [1.54, 1.807) is 6.20 Å². The van der Waals surface area contributed by atoms with Crippen LogP contribution in [0, 0.1) is 6.92 Å². The third kappa shape index (κ3) is 1.97. The number of nitrogens with zero attached hydrogens (tertiary/aromatic N) is 2. The van der Waals surface area contributed by atoms with Gasteiger partial charge in [0.05, 0.1) is 6.20 Å². The smallest absolute Gasteiger partial charge is 0.0559 e. The fourth-order valence-corrected chi connectivity index (χ4v) is 1.74. The average molecular weight is 186 g/mol. The first-order valence-electron chi connectivity index (χ1n) is 2.22. The van der Waals surface area contributed by atoms with Gasteiger partial charge < -0.3 is 0 Å². The van der Waals surface area contributed by atoms with Gasteiger partial charge in [0.2, 0.25) is 0 Å². The van der Waals surface area contributed by atoms with Crippen molar-refractivity contribution in [1.82, 2.24) is 13.0 Å².